The van der Waals surface area contributed by atoms with Gasteiger partial charge in [0, 0.05) is 18.6 Å². The summed E-state index contributed by atoms with van der Waals surface area (Å²) in [4.78, 5) is 18.8. The molecule has 0 aliphatic carbocycles. The average Bonchev–Trinajstić information content (AvgIpc) is 2.40. The number of halogens is 2. The topological polar surface area (TPSA) is 78.2 Å². The summed E-state index contributed by atoms with van der Waals surface area (Å²) in [5, 5.41) is 11.3. The second kappa shape index (κ2) is 6.82. The van der Waals surface area contributed by atoms with Crippen LogP contribution in [-0.2, 0) is 6.42 Å². The zero-order valence-electron chi connectivity index (χ0n) is 11.0. The number of nitro groups is 1. The maximum atomic E-state index is 11.0. The summed E-state index contributed by atoms with van der Waals surface area (Å²) in [7, 11) is 0. The van der Waals surface area contributed by atoms with Crippen molar-refractivity contribution >= 4 is 33.2 Å². The molecule has 1 heterocycles. The van der Waals surface area contributed by atoms with Crippen LogP contribution in [0.1, 0.15) is 19.2 Å². The highest BCUT2D eigenvalue weighted by molar-refractivity contribution is 9.10. The number of rotatable bonds is 5. The summed E-state index contributed by atoms with van der Waals surface area (Å²) in [5.74, 6) is 0.794. The number of para-hydroxylation sites is 1. The fourth-order valence-corrected chi connectivity index (χ4v) is 2.30. The number of ether oxygens (including phenoxy) is 1. The number of nitrogens with zero attached hydrogens (tertiary/aromatic N) is 3. The fourth-order valence-electron chi connectivity index (χ4n) is 1.68. The molecule has 1 aromatic heterocycles. The predicted octanol–water partition coefficient (Wildman–Crippen LogP) is 4.55. The van der Waals surface area contributed by atoms with E-state index >= 15 is 0 Å². The Kier molecular flexibility index (Phi) is 5.08. The maximum absolute atomic E-state index is 11.0. The van der Waals surface area contributed by atoms with Crippen LogP contribution in [0.15, 0.2) is 28.7 Å². The second-order valence-electron chi connectivity index (χ2n) is 4.14. The molecule has 8 heteroatoms. The third-order valence-corrected chi connectivity index (χ3v) is 3.36. The lowest BCUT2D eigenvalue weighted by molar-refractivity contribution is -0.385. The van der Waals surface area contributed by atoms with Gasteiger partial charge in [0.25, 0.3) is 0 Å². The van der Waals surface area contributed by atoms with Crippen molar-refractivity contribution in [2.75, 3.05) is 0 Å². The normalized spacial score (nSPS) is 10.4. The number of benzene rings is 1. The Morgan fingerprint density at radius 2 is 2.19 bits per heavy atom. The first-order valence-corrected chi connectivity index (χ1v) is 7.32. The Labute approximate surface area is 134 Å². The molecule has 6 nitrogen and oxygen atoms in total. The Bertz CT molecular complexity index is 682. The number of nitro benzene ring substituents is 1. The molecule has 0 unspecified atom stereocenters. The van der Waals surface area contributed by atoms with E-state index in [0.29, 0.717) is 16.7 Å². The van der Waals surface area contributed by atoms with E-state index in [2.05, 4.69) is 25.9 Å². The van der Waals surface area contributed by atoms with E-state index in [4.69, 9.17) is 16.3 Å². The van der Waals surface area contributed by atoms with E-state index in [0.717, 1.165) is 6.42 Å². The van der Waals surface area contributed by atoms with Crippen LogP contribution in [0.25, 0.3) is 0 Å². The van der Waals surface area contributed by atoms with E-state index in [1.165, 1.54) is 12.1 Å². The standard InChI is InChI=1S/C13H11BrClN3O3/c1-2-4-11-16-10(15)7-12(17-11)21-13-8(14)5-3-6-9(13)18(19)20/h3,5-7H,2,4H2,1H3. The molecule has 0 aliphatic heterocycles. The molecule has 0 atom stereocenters. The van der Waals surface area contributed by atoms with Crippen molar-refractivity contribution in [3.63, 3.8) is 0 Å². The van der Waals surface area contributed by atoms with Crippen molar-refractivity contribution < 1.29 is 9.66 Å². The Morgan fingerprint density at radius 3 is 2.86 bits per heavy atom. The Hall–Kier alpha value is -1.73. The van der Waals surface area contributed by atoms with Crippen LogP contribution in [0.3, 0.4) is 0 Å². The van der Waals surface area contributed by atoms with Crippen LogP contribution in [0.4, 0.5) is 5.69 Å². The fraction of sp³-hybridized carbons (Fsp3) is 0.231. The lowest BCUT2D eigenvalue weighted by atomic mass is 10.3. The van der Waals surface area contributed by atoms with Crippen molar-refractivity contribution in [2.24, 2.45) is 0 Å². The first-order valence-electron chi connectivity index (χ1n) is 6.15. The molecule has 2 aromatic rings. The molecule has 0 spiro atoms. The van der Waals surface area contributed by atoms with E-state index in [1.54, 1.807) is 12.1 Å². The van der Waals surface area contributed by atoms with Crippen molar-refractivity contribution in [3.05, 3.63) is 49.8 Å². The summed E-state index contributed by atoms with van der Waals surface area (Å²) >= 11 is 9.15. The smallest absolute Gasteiger partial charge is 0.312 e. The lowest BCUT2D eigenvalue weighted by Gasteiger charge is -2.08. The van der Waals surface area contributed by atoms with Gasteiger partial charge in [0.1, 0.15) is 11.0 Å². The summed E-state index contributed by atoms with van der Waals surface area (Å²) in [5.41, 5.74) is -0.156. The molecular weight excluding hydrogens is 362 g/mol. The van der Waals surface area contributed by atoms with Crippen LogP contribution in [0.2, 0.25) is 5.15 Å². The van der Waals surface area contributed by atoms with Crippen molar-refractivity contribution in [1.82, 2.24) is 9.97 Å². The second-order valence-corrected chi connectivity index (χ2v) is 5.38. The van der Waals surface area contributed by atoms with Crippen molar-refractivity contribution in [1.29, 1.82) is 0 Å². The van der Waals surface area contributed by atoms with Crippen molar-refractivity contribution in [3.8, 4) is 11.6 Å². The third kappa shape index (κ3) is 3.89. The van der Waals surface area contributed by atoms with Gasteiger partial charge in [-0.25, -0.2) is 4.98 Å². The van der Waals surface area contributed by atoms with Gasteiger partial charge in [-0.1, -0.05) is 24.6 Å². The minimum absolute atomic E-state index is 0.0831. The molecule has 21 heavy (non-hydrogen) atoms. The molecule has 0 radical (unpaired) electrons. The molecule has 0 aliphatic rings. The summed E-state index contributed by atoms with van der Waals surface area (Å²) in [6, 6.07) is 5.99. The quantitative estimate of drug-likeness (QED) is 0.437. The Balaban J connectivity index is 2.40. The van der Waals surface area contributed by atoms with E-state index < -0.39 is 4.92 Å². The van der Waals surface area contributed by atoms with E-state index in [1.807, 2.05) is 6.92 Å². The van der Waals surface area contributed by atoms with Crippen LogP contribution in [-0.4, -0.2) is 14.9 Å². The zero-order chi connectivity index (χ0) is 15.4. The molecule has 0 fully saturated rings. The first-order chi connectivity index (χ1) is 10.0. The third-order valence-electron chi connectivity index (χ3n) is 2.54. The van der Waals surface area contributed by atoms with Gasteiger partial charge >= 0.3 is 5.69 Å². The molecule has 110 valence electrons. The molecule has 0 N–H and O–H groups in total. The van der Waals surface area contributed by atoms with Gasteiger partial charge in [-0.3, -0.25) is 10.1 Å². The van der Waals surface area contributed by atoms with Gasteiger partial charge in [0.05, 0.1) is 9.40 Å². The van der Waals surface area contributed by atoms with Gasteiger partial charge in [0.15, 0.2) is 0 Å². The van der Waals surface area contributed by atoms with Gasteiger partial charge in [-0.05, 0) is 28.4 Å². The summed E-state index contributed by atoms with van der Waals surface area (Å²) in [6.07, 6.45) is 1.50. The van der Waals surface area contributed by atoms with E-state index in [9.17, 15) is 10.1 Å². The van der Waals surface area contributed by atoms with E-state index in [-0.39, 0.29) is 22.5 Å². The monoisotopic (exact) mass is 371 g/mol. The minimum Gasteiger partial charge on any atom is -0.430 e. The van der Waals surface area contributed by atoms with Crippen LogP contribution in [0.5, 0.6) is 11.6 Å². The summed E-state index contributed by atoms with van der Waals surface area (Å²) in [6.45, 7) is 1.99. The minimum atomic E-state index is -0.518. The zero-order valence-corrected chi connectivity index (χ0v) is 13.4. The van der Waals surface area contributed by atoms with Crippen LogP contribution < -0.4 is 4.74 Å². The summed E-state index contributed by atoms with van der Waals surface area (Å²) < 4.78 is 6.01. The molecule has 1 aromatic carbocycles. The predicted molar refractivity (Wildman–Crippen MR) is 81.9 cm³/mol. The Morgan fingerprint density at radius 1 is 1.43 bits per heavy atom. The average molecular weight is 373 g/mol. The molecule has 2 rings (SSSR count). The molecule has 0 amide bonds. The van der Waals surface area contributed by atoms with Crippen molar-refractivity contribution in [2.45, 2.75) is 19.8 Å². The van der Waals surface area contributed by atoms with Crippen LogP contribution in [0, 0.1) is 10.1 Å². The van der Waals surface area contributed by atoms with Gasteiger partial charge in [-0.15, -0.1) is 0 Å². The van der Waals surface area contributed by atoms with Crippen LogP contribution >= 0.6 is 27.5 Å². The first kappa shape index (κ1) is 15.7. The number of hydrogen-bond donors (Lipinski definition) is 0. The molecule has 0 bridgehead atoms. The van der Waals surface area contributed by atoms with Gasteiger partial charge in [-0.2, -0.15) is 4.98 Å². The maximum Gasteiger partial charge on any atom is 0.312 e. The number of aromatic nitrogens is 2. The molecule has 0 saturated heterocycles. The highest BCUT2D eigenvalue weighted by Crippen LogP contribution is 2.37. The highest BCUT2D eigenvalue weighted by Gasteiger charge is 2.19. The van der Waals surface area contributed by atoms with Gasteiger partial charge < -0.3 is 4.74 Å². The number of hydrogen-bond acceptors (Lipinski definition) is 5. The largest absolute Gasteiger partial charge is 0.430 e. The highest BCUT2D eigenvalue weighted by atomic mass is 79.9. The molecular formula is C13H11BrClN3O3. The molecule has 0 saturated carbocycles. The SMILES string of the molecule is CCCc1nc(Cl)cc(Oc2c(Br)cccc2[N+](=O)[O-])n1. The lowest BCUT2D eigenvalue weighted by Crippen LogP contribution is -1.99. The van der Waals surface area contributed by atoms with Gasteiger partial charge in [0.2, 0.25) is 11.6 Å². The number of aryl methyl sites for hydroxylation is 1.